The van der Waals surface area contributed by atoms with E-state index in [-0.39, 0.29) is 5.91 Å². The maximum absolute atomic E-state index is 11.4. The zero-order valence-electron chi connectivity index (χ0n) is 18.7. The van der Waals surface area contributed by atoms with E-state index in [1.807, 2.05) is 12.1 Å². The molecule has 170 valence electrons. The number of hydrogen-bond donors (Lipinski definition) is 2. The molecule has 2 heterocycles. The van der Waals surface area contributed by atoms with Gasteiger partial charge in [-0.1, -0.05) is 24.3 Å². The number of nitrogens with zero attached hydrogens (tertiary/aromatic N) is 3. The molecular formula is C25H21N5O4. The van der Waals surface area contributed by atoms with Gasteiger partial charge in [-0.3, -0.25) is 10.2 Å². The first-order chi connectivity index (χ1) is 16.2. The maximum Gasteiger partial charge on any atom is 0.221 e. The molecule has 2 aromatic rings. The topological polar surface area (TPSA) is 152 Å². The van der Waals surface area contributed by atoms with Crippen molar-refractivity contribution in [2.24, 2.45) is 10.8 Å². The largest absolute Gasteiger partial charge is 0.497 e. The lowest BCUT2D eigenvalue weighted by Gasteiger charge is -2.48. The van der Waals surface area contributed by atoms with Crippen molar-refractivity contribution in [1.82, 2.24) is 0 Å². The van der Waals surface area contributed by atoms with Gasteiger partial charge in [-0.15, -0.1) is 0 Å². The molecule has 0 spiro atoms. The van der Waals surface area contributed by atoms with E-state index >= 15 is 0 Å². The predicted octanol–water partition coefficient (Wildman–Crippen LogP) is 3.78. The summed E-state index contributed by atoms with van der Waals surface area (Å²) in [6.45, 7) is 2.99. The van der Waals surface area contributed by atoms with Gasteiger partial charge >= 0.3 is 0 Å². The summed E-state index contributed by atoms with van der Waals surface area (Å²) in [6.07, 6.45) is -1.20. The van der Waals surface area contributed by atoms with Gasteiger partial charge in [0.25, 0.3) is 0 Å². The third-order valence-electron chi connectivity index (χ3n) is 6.50. The minimum atomic E-state index is -2.10. The fraction of sp³-hybridized carbons (Fsp3) is 0.320. The molecule has 0 radical (unpaired) electrons. The second kappa shape index (κ2) is 7.88. The quantitative estimate of drug-likeness (QED) is 0.711. The Balaban J connectivity index is 1.91. The number of nitrogens with one attached hydrogen (secondary N) is 2. The van der Waals surface area contributed by atoms with Crippen LogP contribution in [-0.4, -0.2) is 24.7 Å². The molecule has 0 aromatic heterocycles. The van der Waals surface area contributed by atoms with Crippen molar-refractivity contribution < 1.29 is 19.0 Å². The Labute approximate surface area is 196 Å². The Bertz CT molecular complexity index is 1270. The van der Waals surface area contributed by atoms with E-state index in [1.165, 1.54) is 14.0 Å². The van der Waals surface area contributed by atoms with E-state index < -0.39 is 34.5 Å². The predicted molar refractivity (Wildman–Crippen MR) is 119 cm³/mol. The van der Waals surface area contributed by atoms with Crippen LogP contribution in [0.3, 0.4) is 0 Å². The maximum atomic E-state index is 11.4. The van der Waals surface area contributed by atoms with Crippen molar-refractivity contribution in [2.75, 3.05) is 12.4 Å². The molecule has 2 saturated heterocycles. The van der Waals surface area contributed by atoms with Gasteiger partial charge in [0, 0.05) is 19.5 Å². The van der Waals surface area contributed by atoms with Crippen LogP contribution in [0.15, 0.2) is 48.5 Å². The lowest BCUT2D eigenvalue weighted by molar-refractivity contribution is -0.253. The first kappa shape index (κ1) is 22.8. The van der Waals surface area contributed by atoms with Crippen molar-refractivity contribution in [1.29, 1.82) is 21.2 Å². The van der Waals surface area contributed by atoms with Gasteiger partial charge < -0.3 is 19.5 Å². The van der Waals surface area contributed by atoms with Crippen LogP contribution < -0.4 is 10.1 Å². The van der Waals surface area contributed by atoms with Gasteiger partial charge in [-0.2, -0.15) is 15.8 Å². The number of carbonyl (C=O) groups is 1. The fourth-order valence-corrected chi connectivity index (χ4v) is 5.03. The van der Waals surface area contributed by atoms with Gasteiger partial charge in [0.05, 0.1) is 31.2 Å². The summed E-state index contributed by atoms with van der Waals surface area (Å²) in [5.74, 6) is -2.58. The first-order valence-corrected chi connectivity index (χ1v) is 10.4. The van der Waals surface area contributed by atoms with Crippen molar-refractivity contribution in [3.8, 4) is 24.0 Å². The smallest absolute Gasteiger partial charge is 0.221 e. The molecule has 4 atom stereocenters. The van der Waals surface area contributed by atoms with E-state index in [9.17, 15) is 20.6 Å². The number of rotatable bonds is 4. The lowest BCUT2D eigenvalue weighted by Crippen LogP contribution is -2.57. The van der Waals surface area contributed by atoms with Crippen molar-refractivity contribution >= 4 is 17.5 Å². The van der Waals surface area contributed by atoms with E-state index in [1.54, 1.807) is 55.5 Å². The monoisotopic (exact) mass is 455 g/mol. The normalized spacial score (nSPS) is 28.5. The second-order valence-electron chi connectivity index (χ2n) is 8.41. The molecule has 2 aromatic carbocycles. The molecule has 4 rings (SSSR count). The fourth-order valence-electron chi connectivity index (χ4n) is 5.03. The van der Waals surface area contributed by atoms with E-state index in [4.69, 9.17) is 19.6 Å². The van der Waals surface area contributed by atoms with Crippen molar-refractivity contribution in [3.63, 3.8) is 0 Å². The van der Waals surface area contributed by atoms with Crippen LogP contribution in [-0.2, 0) is 14.3 Å². The molecule has 0 saturated carbocycles. The Kier molecular flexibility index (Phi) is 5.28. The first-order valence-electron chi connectivity index (χ1n) is 10.4. The summed E-state index contributed by atoms with van der Waals surface area (Å²) in [7, 11) is 1.53. The van der Waals surface area contributed by atoms with Gasteiger partial charge in [-0.25, -0.2) is 0 Å². The molecule has 2 bridgehead atoms. The Morgan fingerprint density at radius 2 is 1.62 bits per heavy atom. The Morgan fingerprint density at radius 1 is 1.03 bits per heavy atom. The van der Waals surface area contributed by atoms with Crippen LogP contribution >= 0.6 is 0 Å². The summed E-state index contributed by atoms with van der Waals surface area (Å²) in [5.41, 5.74) is -2.51. The number of fused-ring (bicyclic) bond motifs is 2. The highest BCUT2D eigenvalue weighted by Crippen LogP contribution is 2.69. The molecule has 0 aliphatic carbocycles. The minimum Gasteiger partial charge on any atom is -0.497 e. The number of methoxy groups -OCH3 is 1. The average Bonchev–Trinajstić information content (AvgIpc) is 3.01. The summed E-state index contributed by atoms with van der Waals surface area (Å²) < 4.78 is 17.4. The summed E-state index contributed by atoms with van der Waals surface area (Å²) in [6, 6.07) is 19.5. The summed E-state index contributed by atoms with van der Waals surface area (Å²) in [5, 5.41) is 42.5. The number of ether oxygens (including phenoxy) is 3. The molecule has 4 unspecified atom stereocenters. The van der Waals surface area contributed by atoms with Gasteiger partial charge in [-0.05, 0) is 35.4 Å². The minimum absolute atomic E-state index is 0.247. The van der Waals surface area contributed by atoms with Crippen LogP contribution in [0.4, 0.5) is 5.69 Å². The highest BCUT2D eigenvalue weighted by Gasteiger charge is 2.79. The Hall–Kier alpha value is -4.39. The van der Waals surface area contributed by atoms with E-state index in [2.05, 4.69) is 11.4 Å². The average molecular weight is 455 g/mol. The molecule has 34 heavy (non-hydrogen) atoms. The van der Waals surface area contributed by atoms with Crippen LogP contribution in [0.1, 0.15) is 37.0 Å². The number of benzene rings is 2. The van der Waals surface area contributed by atoms with E-state index in [0.29, 0.717) is 22.6 Å². The van der Waals surface area contributed by atoms with Crippen LogP contribution in [0.5, 0.6) is 5.75 Å². The summed E-state index contributed by atoms with van der Waals surface area (Å²) >= 11 is 0. The highest BCUT2D eigenvalue weighted by molar-refractivity contribution is 5.91. The zero-order valence-corrected chi connectivity index (χ0v) is 18.7. The molecule has 1 amide bonds. The number of amides is 1. The standard InChI is InChI=1S/C25H21N5O4/c1-15(31)30-18-8-4-17(5-9-18)21-24(12-26,13-27)25(14-28)20(23(2,33-21)34-22(25)29)16-6-10-19(32-3)11-7-16/h4-11,20-21,29H,1-3H3,(H,30,31). The van der Waals surface area contributed by atoms with Gasteiger partial charge in [0.1, 0.15) is 11.9 Å². The van der Waals surface area contributed by atoms with Gasteiger partial charge in [0.2, 0.25) is 23.0 Å². The van der Waals surface area contributed by atoms with Crippen LogP contribution in [0.25, 0.3) is 0 Å². The van der Waals surface area contributed by atoms with E-state index in [0.717, 1.165) is 0 Å². The molecule has 9 nitrogen and oxygen atoms in total. The van der Waals surface area contributed by atoms with Gasteiger partial charge in [0.15, 0.2) is 5.41 Å². The number of anilines is 1. The Morgan fingerprint density at radius 3 is 2.12 bits per heavy atom. The number of hydrogen-bond acceptors (Lipinski definition) is 8. The highest BCUT2D eigenvalue weighted by atomic mass is 16.7. The molecule has 2 aliphatic heterocycles. The summed E-state index contributed by atoms with van der Waals surface area (Å²) in [4.78, 5) is 11.4. The molecule has 2 fully saturated rings. The molecule has 2 aliphatic rings. The molecule has 9 heteroatoms. The lowest BCUT2D eigenvalue weighted by atomic mass is 9.52. The van der Waals surface area contributed by atoms with Crippen molar-refractivity contribution in [3.05, 3.63) is 59.7 Å². The SMILES string of the molecule is COc1ccc(C2C3(C)OC(=N)C2(C#N)C(C#N)(C#N)C(c2ccc(NC(C)=O)cc2)O3)cc1. The van der Waals surface area contributed by atoms with Crippen molar-refractivity contribution in [2.45, 2.75) is 31.7 Å². The third kappa shape index (κ3) is 2.94. The van der Waals surface area contributed by atoms with Crippen LogP contribution in [0.2, 0.25) is 0 Å². The zero-order chi connectivity index (χ0) is 24.7. The number of nitriles is 3. The molecule has 2 N–H and O–H groups in total. The molecular weight excluding hydrogens is 434 g/mol. The third-order valence-corrected chi connectivity index (χ3v) is 6.50. The number of carbonyl (C=O) groups excluding carboxylic acids is 1. The second-order valence-corrected chi connectivity index (χ2v) is 8.41. The van der Waals surface area contributed by atoms with Crippen LogP contribution in [0, 0.1) is 50.2 Å².